The molecule has 0 saturated heterocycles. The molecule has 0 radical (unpaired) electrons. The maximum atomic E-state index is 12.4. The topological polar surface area (TPSA) is 17.1 Å². The first-order valence-corrected chi connectivity index (χ1v) is 4.06. The molecular weight excluding hydrogens is 221 g/mol. The molecule has 13 heavy (non-hydrogen) atoms. The Morgan fingerprint density at radius 3 is 2.38 bits per heavy atom. The van der Waals surface area contributed by atoms with E-state index in [0.29, 0.717) is 0 Å². The first-order valence-electron chi connectivity index (χ1n) is 3.30. The number of halogens is 4. The molecule has 0 fully saturated rings. The summed E-state index contributed by atoms with van der Waals surface area (Å²) in [5.74, 6) is 0. The molecule has 1 aromatic carbocycles. The molecule has 0 aliphatic heterocycles. The molecule has 1 aromatic rings. The standard InChI is InChI=1S/C8H4Cl2F2O/c9-5-3-1-2-4(7(10)13)6(5)8(11)12/h1-3,8H. The summed E-state index contributed by atoms with van der Waals surface area (Å²) < 4.78 is 24.7. The lowest BCUT2D eigenvalue weighted by Crippen LogP contribution is -1.98. The van der Waals surface area contributed by atoms with E-state index in [1.807, 2.05) is 0 Å². The van der Waals surface area contributed by atoms with Gasteiger partial charge in [0.05, 0.1) is 5.02 Å². The van der Waals surface area contributed by atoms with E-state index in [0.717, 1.165) is 0 Å². The van der Waals surface area contributed by atoms with Gasteiger partial charge in [0.1, 0.15) is 0 Å². The number of carbonyl (C=O) groups excluding carboxylic acids is 1. The Morgan fingerprint density at radius 2 is 2.00 bits per heavy atom. The SMILES string of the molecule is O=C(Cl)c1cccc(Cl)c1C(F)F. The van der Waals surface area contributed by atoms with Gasteiger partial charge in [0.25, 0.3) is 11.7 Å². The maximum absolute atomic E-state index is 12.4. The normalized spacial score (nSPS) is 10.5. The highest BCUT2D eigenvalue weighted by molar-refractivity contribution is 6.68. The fourth-order valence-corrected chi connectivity index (χ4v) is 1.35. The summed E-state index contributed by atoms with van der Waals surface area (Å²) in [6, 6.07) is 3.89. The molecule has 70 valence electrons. The van der Waals surface area contributed by atoms with Crippen LogP contribution >= 0.6 is 23.2 Å². The highest BCUT2D eigenvalue weighted by Gasteiger charge is 2.19. The molecule has 0 spiro atoms. The summed E-state index contributed by atoms with van der Waals surface area (Å²) in [5, 5.41) is -1.08. The van der Waals surface area contributed by atoms with E-state index in [1.165, 1.54) is 18.2 Å². The van der Waals surface area contributed by atoms with Crippen LogP contribution < -0.4 is 0 Å². The fraction of sp³-hybridized carbons (Fsp3) is 0.125. The van der Waals surface area contributed by atoms with E-state index in [2.05, 4.69) is 0 Å². The quantitative estimate of drug-likeness (QED) is 0.702. The predicted octanol–water partition coefficient (Wildman–Crippen LogP) is 3.66. The molecule has 0 saturated carbocycles. The average molecular weight is 225 g/mol. The molecule has 0 unspecified atom stereocenters. The first kappa shape index (κ1) is 10.4. The van der Waals surface area contributed by atoms with Gasteiger partial charge in [0.15, 0.2) is 0 Å². The Balaban J connectivity index is 3.34. The van der Waals surface area contributed by atoms with E-state index in [1.54, 1.807) is 0 Å². The van der Waals surface area contributed by atoms with Crippen molar-refractivity contribution in [2.75, 3.05) is 0 Å². The molecule has 0 amide bonds. The van der Waals surface area contributed by atoms with Gasteiger partial charge < -0.3 is 0 Å². The second-order valence-corrected chi connectivity index (χ2v) is 3.03. The van der Waals surface area contributed by atoms with Gasteiger partial charge in [-0.2, -0.15) is 0 Å². The number of rotatable bonds is 2. The number of alkyl halides is 2. The zero-order valence-corrected chi connectivity index (χ0v) is 7.74. The van der Waals surface area contributed by atoms with Crippen molar-refractivity contribution in [3.05, 3.63) is 34.3 Å². The van der Waals surface area contributed by atoms with Crippen LogP contribution in [0.4, 0.5) is 8.78 Å². The summed E-state index contributed by atoms with van der Waals surface area (Å²) in [4.78, 5) is 10.7. The second kappa shape index (κ2) is 4.03. The van der Waals surface area contributed by atoms with Crippen LogP contribution in [0, 0.1) is 0 Å². The van der Waals surface area contributed by atoms with Gasteiger partial charge in [-0.1, -0.05) is 17.7 Å². The van der Waals surface area contributed by atoms with Crippen molar-refractivity contribution in [3.63, 3.8) is 0 Å². The number of hydrogen-bond donors (Lipinski definition) is 0. The highest BCUT2D eigenvalue weighted by Crippen LogP contribution is 2.30. The second-order valence-electron chi connectivity index (χ2n) is 2.28. The van der Waals surface area contributed by atoms with Crippen LogP contribution in [0.3, 0.4) is 0 Å². The zero-order chi connectivity index (χ0) is 10.0. The Kier molecular flexibility index (Phi) is 3.22. The number of hydrogen-bond acceptors (Lipinski definition) is 1. The minimum Gasteiger partial charge on any atom is -0.276 e. The van der Waals surface area contributed by atoms with Gasteiger partial charge in [0.2, 0.25) is 0 Å². The Morgan fingerprint density at radius 1 is 1.38 bits per heavy atom. The van der Waals surface area contributed by atoms with E-state index in [9.17, 15) is 13.6 Å². The van der Waals surface area contributed by atoms with Crippen molar-refractivity contribution in [2.24, 2.45) is 0 Å². The van der Waals surface area contributed by atoms with Crippen LogP contribution in [0.2, 0.25) is 5.02 Å². The van der Waals surface area contributed by atoms with Crippen molar-refractivity contribution in [3.8, 4) is 0 Å². The fourth-order valence-electron chi connectivity index (χ4n) is 0.930. The van der Waals surface area contributed by atoms with Crippen molar-refractivity contribution in [2.45, 2.75) is 6.43 Å². The predicted molar refractivity (Wildman–Crippen MR) is 46.6 cm³/mol. The minimum absolute atomic E-state index is 0.151. The first-order chi connectivity index (χ1) is 6.04. The van der Waals surface area contributed by atoms with E-state index in [-0.39, 0.29) is 10.6 Å². The van der Waals surface area contributed by atoms with Gasteiger partial charge in [0, 0.05) is 11.1 Å². The number of benzene rings is 1. The Bertz CT molecular complexity index is 339. The largest absolute Gasteiger partial charge is 0.276 e. The van der Waals surface area contributed by atoms with Crippen molar-refractivity contribution in [1.82, 2.24) is 0 Å². The minimum atomic E-state index is -2.80. The van der Waals surface area contributed by atoms with Crippen molar-refractivity contribution >= 4 is 28.4 Å². The van der Waals surface area contributed by atoms with Gasteiger partial charge >= 0.3 is 0 Å². The van der Waals surface area contributed by atoms with E-state index >= 15 is 0 Å². The highest BCUT2D eigenvalue weighted by atomic mass is 35.5. The van der Waals surface area contributed by atoms with Gasteiger partial charge in [-0.15, -0.1) is 0 Å². The molecule has 5 heteroatoms. The van der Waals surface area contributed by atoms with Crippen LogP contribution in [0.1, 0.15) is 22.3 Å². The molecule has 0 aliphatic rings. The monoisotopic (exact) mass is 224 g/mol. The lowest BCUT2D eigenvalue weighted by Gasteiger charge is -2.06. The summed E-state index contributed by atoms with van der Waals surface area (Å²) in [7, 11) is 0. The number of carbonyl (C=O) groups is 1. The Hall–Kier alpha value is -0.670. The summed E-state index contributed by atoms with van der Waals surface area (Å²) >= 11 is 10.6. The molecular formula is C8H4Cl2F2O. The smallest absolute Gasteiger partial charge is 0.266 e. The van der Waals surface area contributed by atoms with Crippen LogP contribution in [0.5, 0.6) is 0 Å². The molecule has 1 nitrogen and oxygen atoms in total. The third kappa shape index (κ3) is 2.17. The summed E-state index contributed by atoms with van der Waals surface area (Å²) in [6.07, 6.45) is -2.80. The summed E-state index contributed by atoms with van der Waals surface area (Å²) in [5.41, 5.74) is -0.756. The average Bonchev–Trinajstić information content (AvgIpc) is 2.02. The maximum Gasteiger partial charge on any atom is 0.266 e. The molecule has 0 aromatic heterocycles. The van der Waals surface area contributed by atoms with Crippen LogP contribution in [0.25, 0.3) is 0 Å². The van der Waals surface area contributed by atoms with Crippen molar-refractivity contribution < 1.29 is 13.6 Å². The molecule has 0 bridgehead atoms. The zero-order valence-electron chi connectivity index (χ0n) is 6.23. The lowest BCUT2D eigenvalue weighted by molar-refractivity contribution is 0.106. The van der Waals surface area contributed by atoms with Crippen LogP contribution in [-0.4, -0.2) is 5.24 Å². The summed E-state index contributed by atoms with van der Waals surface area (Å²) in [6.45, 7) is 0. The molecule has 0 N–H and O–H groups in total. The third-order valence-electron chi connectivity index (χ3n) is 1.48. The molecule has 0 heterocycles. The van der Waals surface area contributed by atoms with Gasteiger partial charge in [-0.3, -0.25) is 4.79 Å². The van der Waals surface area contributed by atoms with E-state index < -0.39 is 17.2 Å². The van der Waals surface area contributed by atoms with Crippen LogP contribution in [-0.2, 0) is 0 Å². The van der Waals surface area contributed by atoms with Gasteiger partial charge in [-0.05, 0) is 23.7 Å². The van der Waals surface area contributed by atoms with E-state index in [4.69, 9.17) is 23.2 Å². The van der Waals surface area contributed by atoms with Gasteiger partial charge in [-0.25, -0.2) is 8.78 Å². The third-order valence-corrected chi connectivity index (χ3v) is 2.02. The molecule has 1 rings (SSSR count). The molecule has 0 aliphatic carbocycles. The van der Waals surface area contributed by atoms with Crippen molar-refractivity contribution in [1.29, 1.82) is 0 Å². The Labute approximate surface area is 83.3 Å². The van der Waals surface area contributed by atoms with Crippen LogP contribution in [0.15, 0.2) is 18.2 Å². The lowest BCUT2D eigenvalue weighted by atomic mass is 10.1. The molecule has 0 atom stereocenters.